The molecule has 1 aromatic heterocycles. The van der Waals surface area contributed by atoms with Gasteiger partial charge in [-0.05, 0) is 36.6 Å². The fraction of sp³-hybridized carbons (Fsp3) is 0.474. The van der Waals surface area contributed by atoms with Crippen LogP contribution in [0.25, 0.3) is 10.9 Å². The zero-order chi connectivity index (χ0) is 18.4. The van der Waals surface area contributed by atoms with Crippen LogP contribution in [-0.2, 0) is 16.1 Å². The topological polar surface area (TPSA) is 83.4 Å². The molecule has 0 spiro atoms. The Labute approximate surface area is 148 Å². The number of benzene rings is 1. The molecule has 0 saturated carbocycles. The van der Waals surface area contributed by atoms with Crippen LogP contribution in [0.5, 0.6) is 0 Å². The summed E-state index contributed by atoms with van der Waals surface area (Å²) < 4.78 is 2.16. The SMILES string of the molecule is CCCn1ccc2cc(NC(=O)C(=O)NC[C@@H](O)[C@H](C)CC)ccc21. The fourth-order valence-corrected chi connectivity index (χ4v) is 2.65. The minimum Gasteiger partial charge on any atom is -0.391 e. The van der Waals surface area contributed by atoms with Gasteiger partial charge in [-0.2, -0.15) is 0 Å². The first-order chi connectivity index (χ1) is 12.0. The average molecular weight is 345 g/mol. The Balaban J connectivity index is 1.95. The number of nitrogens with zero attached hydrogens (tertiary/aromatic N) is 1. The van der Waals surface area contributed by atoms with E-state index in [4.69, 9.17) is 0 Å². The van der Waals surface area contributed by atoms with E-state index in [1.54, 1.807) is 6.07 Å². The summed E-state index contributed by atoms with van der Waals surface area (Å²) in [5.74, 6) is -1.41. The lowest BCUT2D eigenvalue weighted by Gasteiger charge is -2.17. The van der Waals surface area contributed by atoms with E-state index in [1.165, 1.54) is 0 Å². The number of rotatable bonds is 7. The van der Waals surface area contributed by atoms with E-state index in [9.17, 15) is 14.7 Å². The smallest absolute Gasteiger partial charge is 0.313 e. The second-order valence-electron chi connectivity index (χ2n) is 6.40. The molecule has 0 fully saturated rings. The Kier molecular flexibility index (Phi) is 6.58. The number of nitrogens with one attached hydrogen (secondary N) is 2. The van der Waals surface area contributed by atoms with Crippen LogP contribution in [0.15, 0.2) is 30.5 Å². The third-order valence-corrected chi connectivity index (χ3v) is 4.47. The summed E-state index contributed by atoms with van der Waals surface area (Å²) >= 11 is 0. The normalized spacial score (nSPS) is 13.4. The molecule has 6 heteroatoms. The van der Waals surface area contributed by atoms with E-state index in [-0.39, 0.29) is 12.5 Å². The fourth-order valence-electron chi connectivity index (χ4n) is 2.65. The molecule has 1 aromatic carbocycles. The molecule has 1 heterocycles. The molecule has 2 amide bonds. The van der Waals surface area contributed by atoms with E-state index >= 15 is 0 Å². The van der Waals surface area contributed by atoms with Crippen molar-refractivity contribution in [2.24, 2.45) is 5.92 Å². The summed E-state index contributed by atoms with van der Waals surface area (Å²) in [6.07, 6.45) is 3.21. The molecule has 2 atom stereocenters. The van der Waals surface area contributed by atoms with Crippen LogP contribution in [0.1, 0.15) is 33.6 Å². The second kappa shape index (κ2) is 8.67. The molecule has 6 nitrogen and oxygen atoms in total. The average Bonchev–Trinajstić information content (AvgIpc) is 3.01. The summed E-state index contributed by atoms with van der Waals surface area (Å²) in [7, 11) is 0. The maximum Gasteiger partial charge on any atom is 0.313 e. The van der Waals surface area contributed by atoms with Crippen LogP contribution < -0.4 is 10.6 Å². The summed E-state index contributed by atoms with van der Waals surface area (Å²) in [5.41, 5.74) is 1.67. The molecule has 0 saturated heterocycles. The first-order valence-electron chi connectivity index (χ1n) is 8.82. The van der Waals surface area contributed by atoms with E-state index in [2.05, 4.69) is 22.1 Å². The molecule has 0 bridgehead atoms. The van der Waals surface area contributed by atoms with Gasteiger partial charge >= 0.3 is 11.8 Å². The highest BCUT2D eigenvalue weighted by Crippen LogP contribution is 2.20. The van der Waals surface area contributed by atoms with E-state index in [0.29, 0.717) is 5.69 Å². The van der Waals surface area contributed by atoms with Gasteiger partial charge in [-0.15, -0.1) is 0 Å². The number of aryl methyl sites for hydroxylation is 1. The van der Waals surface area contributed by atoms with E-state index in [0.717, 1.165) is 30.3 Å². The lowest BCUT2D eigenvalue weighted by molar-refractivity contribution is -0.136. The van der Waals surface area contributed by atoms with Crippen molar-refractivity contribution < 1.29 is 14.7 Å². The molecule has 0 unspecified atom stereocenters. The highest BCUT2D eigenvalue weighted by Gasteiger charge is 2.18. The van der Waals surface area contributed by atoms with Crippen molar-refractivity contribution in [1.82, 2.24) is 9.88 Å². The summed E-state index contributed by atoms with van der Waals surface area (Å²) in [5, 5.41) is 15.9. The van der Waals surface area contributed by atoms with Gasteiger partial charge in [0.05, 0.1) is 6.10 Å². The number of fused-ring (bicyclic) bond motifs is 1. The van der Waals surface area contributed by atoms with Gasteiger partial charge in [0.25, 0.3) is 0 Å². The molecule has 0 aliphatic carbocycles. The Morgan fingerprint density at radius 3 is 2.64 bits per heavy atom. The zero-order valence-electron chi connectivity index (χ0n) is 15.1. The lowest BCUT2D eigenvalue weighted by atomic mass is 10.0. The first kappa shape index (κ1) is 19.0. The van der Waals surface area contributed by atoms with Crippen LogP contribution in [0.2, 0.25) is 0 Å². The number of hydrogen-bond donors (Lipinski definition) is 3. The number of aliphatic hydroxyl groups is 1. The molecule has 0 aliphatic heterocycles. The quantitative estimate of drug-likeness (QED) is 0.674. The van der Waals surface area contributed by atoms with Crippen molar-refractivity contribution in [1.29, 1.82) is 0 Å². The number of hydrogen-bond acceptors (Lipinski definition) is 3. The van der Waals surface area contributed by atoms with Crippen LogP contribution in [-0.4, -0.2) is 34.1 Å². The molecule has 136 valence electrons. The minimum absolute atomic E-state index is 0.0675. The van der Waals surface area contributed by atoms with Crippen molar-refractivity contribution in [3.8, 4) is 0 Å². The number of carbonyl (C=O) groups excluding carboxylic acids is 2. The minimum atomic E-state index is -0.744. The first-order valence-corrected chi connectivity index (χ1v) is 8.82. The molecule has 25 heavy (non-hydrogen) atoms. The Morgan fingerprint density at radius 2 is 1.96 bits per heavy atom. The lowest BCUT2D eigenvalue weighted by Crippen LogP contribution is -2.41. The van der Waals surface area contributed by atoms with Crippen molar-refractivity contribution in [2.75, 3.05) is 11.9 Å². The van der Waals surface area contributed by atoms with Gasteiger partial charge in [-0.1, -0.05) is 27.2 Å². The van der Waals surface area contributed by atoms with E-state index in [1.807, 2.05) is 38.2 Å². The summed E-state index contributed by atoms with van der Waals surface area (Å²) in [6.45, 7) is 7.00. The Bertz CT molecular complexity index is 739. The van der Waals surface area contributed by atoms with Gasteiger partial charge < -0.3 is 20.3 Å². The summed E-state index contributed by atoms with van der Waals surface area (Å²) in [4.78, 5) is 23.9. The standard InChI is InChI=1S/C19H27N3O3/c1-4-9-22-10-8-14-11-15(6-7-16(14)22)21-19(25)18(24)20-12-17(23)13(3)5-2/h6-8,10-11,13,17,23H,4-5,9,12H2,1-3H3,(H,20,24)(H,21,25)/t13-,17-/m1/s1. The van der Waals surface area contributed by atoms with Crippen molar-refractivity contribution in [3.63, 3.8) is 0 Å². The van der Waals surface area contributed by atoms with Crippen molar-refractivity contribution in [2.45, 2.75) is 46.3 Å². The number of aliphatic hydroxyl groups excluding tert-OH is 1. The molecule has 0 aliphatic rings. The van der Waals surface area contributed by atoms with Crippen molar-refractivity contribution >= 4 is 28.4 Å². The van der Waals surface area contributed by atoms with Gasteiger partial charge in [-0.3, -0.25) is 9.59 Å². The van der Waals surface area contributed by atoms with Crippen LogP contribution in [0, 0.1) is 5.92 Å². The van der Waals surface area contributed by atoms with Gasteiger partial charge in [0.15, 0.2) is 0 Å². The van der Waals surface area contributed by atoms with E-state index < -0.39 is 17.9 Å². The second-order valence-corrected chi connectivity index (χ2v) is 6.40. The van der Waals surface area contributed by atoms with Gasteiger partial charge in [-0.25, -0.2) is 0 Å². The molecular weight excluding hydrogens is 318 g/mol. The zero-order valence-corrected chi connectivity index (χ0v) is 15.1. The number of carbonyl (C=O) groups is 2. The van der Waals surface area contributed by atoms with Gasteiger partial charge in [0.2, 0.25) is 0 Å². The van der Waals surface area contributed by atoms with Gasteiger partial charge in [0.1, 0.15) is 0 Å². The molecule has 2 aromatic rings. The molecule has 3 N–H and O–H groups in total. The highest BCUT2D eigenvalue weighted by molar-refractivity contribution is 6.39. The maximum absolute atomic E-state index is 12.0. The third kappa shape index (κ3) is 4.82. The number of amides is 2. The largest absolute Gasteiger partial charge is 0.391 e. The summed E-state index contributed by atoms with van der Waals surface area (Å²) in [6, 6.07) is 7.56. The predicted molar refractivity (Wildman–Crippen MR) is 99.3 cm³/mol. The maximum atomic E-state index is 12.0. The number of anilines is 1. The molecule has 0 radical (unpaired) electrons. The molecular formula is C19H27N3O3. The highest BCUT2D eigenvalue weighted by atomic mass is 16.3. The van der Waals surface area contributed by atoms with Crippen molar-refractivity contribution in [3.05, 3.63) is 30.5 Å². The molecule has 2 rings (SSSR count). The Hall–Kier alpha value is -2.34. The van der Waals surface area contributed by atoms with Crippen LogP contribution in [0.3, 0.4) is 0 Å². The van der Waals surface area contributed by atoms with Gasteiger partial charge in [0, 0.05) is 35.9 Å². The third-order valence-electron chi connectivity index (χ3n) is 4.47. The Morgan fingerprint density at radius 1 is 1.20 bits per heavy atom. The van der Waals surface area contributed by atoms with Crippen LogP contribution in [0.4, 0.5) is 5.69 Å². The monoisotopic (exact) mass is 345 g/mol. The number of aromatic nitrogens is 1. The van der Waals surface area contributed by atoms with Crippen LogP contribution >= 0.6 is 0 Å². The predicted octanol–water partition coefficient (Wildman–Crippen LogP) is 2.51.